The molecule has 0 amide bonds. The van der Waals surface area contributed by atoms with E-state index in [1.165, 1.54) is 24.6 Å². The number of benzene rings is 2. The van der Waals surface area contributed by atoms with Crippen LogP contribution in [-0.2, 0) is 0 Å². The molecule has 0 radical (unpaired) electrons. The van der Waals surface area contributed by atoms with Crippen LogP contribution in [0.4, 0.5) is 21.0 Å². The van der Waals surface area contributed by atoms with E-state index < -0.39 is 5.82 Å². The van der Waals surface area contributed by atoms with E-state index in [9.17, 15) is 9.18 Å². The fourth-order valence-electron chi connectivity index (χ4n) is 3.45. The zero-order chi connectivity index (χ0) is 21.1. The van der Waals surface area contributed by atoms with Gasteiger partial charge >= 0.3 is 0 Å². The predicted octanol–water partition coefficient (Wildman–Crippen LogP) is 4.31. The second-order valence-electron chi connectivity index (χ2n) is 7.31. The summed E-state index contributed by atoms with van der Waals surface area (Å²) in [4.78, 5) is 19.4. The number of carbonyl (C=O) groups excluding carboxylic acids is 1. The van der Waals surface area contributed by atoms with E-state index in [1.807, 2.05) is 24.3 Å². The number of nitrogens with one attached hydrogen (secondary N) is 1. The lowest BCUT2D eigenvalue weighted by Crippen LogP contribution is -2.30. The Balaban J connectivity index is 1.40. The Morgan fingerprint density at radius 1 is 1.33 bits per heavy atom. The summed E-state index contributed by atoms with van der Waals surface area (Å²) in [7, 11) is 2.13. The number of likely N-dealkylation sites (N-methyl/N-ethyl adjacent to an activating group) is 1. The summed E-state index contributed by atoms with van der Waals surface area (Å²) in [6.45, 7) is 1.80. The lowest BCUT2D eigenvalue weighted by atomic mass is 10.1. The van der Waals surface area contributed by atoms with Crippen LogP contribution in [0.3, 0.4) is 0 Å². The topological polar surface area (TPSA) is 80.5 Å². The minimum atomic E-state index is -0.468. The molecule has 1 fully saturated rings. The van der Waals surface area contributed by atoms with Gasteiger partial charge in [0.25, 0.3) is 0 Å². The van der Waals surface area contributed by atoms with Gasteiger partial charge in [0.15, 0.2) is 5.13 Å². The molecular weight excluding hydrogens is 403 g/mol. The van der Waals surface area contributed by atoms with Gasteiger partial charge in [0.05, 0.1) is 0 Å². The average molecular weight is 427 g/mol. The third kappa shape index (κ3) is 4.60. The largest absolute Gasteiger partial charge is 0.492 e. The van der Waals surface area contributed by atoms with Crippen molar-refractivity contribution < 1.29 is 13.9 Å². The van der Waals surface area contributed by atoms with Gasteiger partial charge < -0.3 is 20.7 Å². The SMILES string of the molecule is CN1CCCC1COc1ccc(Nc2nc(N)c(C(=O)c3cccc(F)c3)s2)cc1. The number of nitrogens with zero attached hydrogens (tertiary/aromatic N) is 2. The van der Waals surface area contributed by atoms with Crippen molar-refractivity contribution in [1.82, 2.24) is 9.88 Å². The van der Waals surface area contributed by atoms with Crippen molar-refractivity contribution in [3.05, 3.63) is 64.8 Å². The van der Waals surface area contributed by atoms with Crippen molar-refractivity contribution in [2.45, 2.75) is 18.9 Å². The number of carbonyl (C=O) groups is 1. The Morgan fingerprint density at radius 3 is 2.83 bits per heavy atom. The van der Waals surface area contributed by atoms with Gasteiger partial charge in [-0.15, -0.1) is 0 Å². The van der Waals surface area contributed by atoms with E-state index in [0.717, 1.165) is 35.7 Å². The number of likely N-dealkylation sites (tertiary alicyclic amines) is 1. The first kappa shape index (κ1) is 20.3. The highest BCUT2D eigenvalue weighted by atomic mass is 32.1. The summed E-state index contributed by atoms with van der Waals surface area (Å²) in [5, 5.41) is 3.65. The van der Waals surface area contributed by atoms with Gasteiger partial charge in [-0.2, -0.15) is 0 Å². The first-order valence-electron chi connectivity index (χ1n) is 9.76. The maximum atomic E-state index is 13.4. The lowest BCUT2D eigenvalue weighted by molar-refractivity contribution is 0.104. The van der Waals surface area contributed by atoms with Crippen LogP contribution < -0.4 is 15.8 Å². The van der Waals surface area contributed by atoms with E-state index in [2.05, 4.69) is 22.2 Å². The Kier molecular flexibility index (Phi) is 5.96. The summed E-state index contributed by atoms with van der Waals surface area (Å²) in [5.74, 6) is 0.112. The quantitative estimate of drug-likeness (QED) is 0.548. The molecule has 1 unspecified atom stereocenters. The number of hydrogen-bond donors (Lipinski definition) is 2. The highest BCUT2D eigenvalue weighted by molar-refractivity contribution is 7.18. The minimum absolute atomic E-state index is 0.123. The van der Waals surface area contributed by atoms with Crippen LogP contribution in [0, 0.1) is 5.82 Å². The maximum Gasteiger partial charge on any atom is 0.206 e. The van der Waals surface area contributed by atoms with Crippen LogP contribution in [-0.4, -0.2) is 41.9 Å². The van der Waals surface area contributed by atoms with Gasteiger partial charge in [-0.1, -0.05) is 23.5 Å². The number of rotatable bonds is 7. The Hall–Kier alpha value is -2.97. The van der Waals surface area contributed by atoms with Crippen molar-refractivity contribution >= 4 is 33.8 Å². The molecule has 2 heterocycles. The number of nitrogens with two attached hydrogens (primary N) is 1. The van der Waals surface area contributed by atoms with Crippen LogP contribution in [0.15, 0.2) is 48.5 Å². The van der Waals surface area contributed by atoms with Crippen LogP contribution >= 0.6 is 11.3 Å². The number of thiazole rings is 1. The van der Waals surface area contributed by atoms with Gasteiger partial charge in [0.1, 0.15) is 28.9 Å². The molecule has 156 valence electrons. The zero-order valence-corrected chi connectivity index (χ0v) is 17.4. The van der Waals surface area contributed by atoms with Crippen molar-refractivity contribution in [3.8, 4) is 5.75 Å². The molecule has 1 aliphatic rings. The van der Waals surface area contributed by atoms with E-state index in [0.29, 0.717) is 17.8 Å². The third-order valence-corrected chi connectivity index (χ3v) is 6.15. The molecule has 1 saturated heterocycles. The molecule has 1 atom stereocenters. The van der Waals surface area contributed by atoms with Gasteiger partial charge in [-0.25, -0.2) is 9.37 Å². The summed E-state index contributed by atoms with van der Waals surface area (Å²) in [6, 6.07) is 13.6. The average Bonchev–Trinajstić information content (AvgIpc) is 3.31. The minimum Gasteiger partial charge on any atom is -0.492 e. The molecule has 1 aliphatic heterocycles. The molecule has 1 aromatic heterocycles. The summed E-state index contributed by atoms with van der Waals surface area (Å²) in [6.07, 6.45) is 2.38. The smallest absolute Gasteiger partial charge is 0.206 e. The molecule has 2 aromatic carbocycles. The number of hydrogen-bond acceptors (Lipinski definition) is 7. The first-order chi connectivity index (χ1) is 14.5. The van der Waals surface area contributed by atoms with E-state index in [4.69, 9.17) is 10.5 Å². The van der Waals surface area contributed by atoms with Crippen LogP contribution in [0.2, 0.25) is 0 Å². The van der Waals surface area contributed by atoms with Crippen LogP contribution in [0.25, 0.3) is 0 Å². The van der Waals surface area contributed by atoms with Gasteiger partial charge in [-0.3, -0.25) is 4.79 Å². The highest BCUT2D eigenvalue weighted by Gasteiger charge is 2.21. The third-order valence-electron chi connectivity index (χ3n) is 5.17. The van der Waals surface area contributed by atoms with Crippen molar-refractivity contribution in [2.75, 3.05) is 31.2 Å². The van der Waals surface area contributed by atoms with Gasteiger partial charge in [0, 0.05) is 17.3 Å². The number of halogens is 1. The van der Waals surface area contributed by atoms with E-state index in [1.54, 1.807) is 6.07 Å². The van der Waals surface area contributed by atoms with Crippen LogP contribution in [0.5, 0.6) is 5.75 Å². The second kappa shape index (κ2) is 8.81. The summed E-state index contributed by atoms with van der Waals surface area (Å²) < 4.78 is 19.3. The Bertz CT molecular complexity index is 1040. The zero-order valence-electron chi connectivity index (χ0n) is 16.6. The first-order valence-corrected chi connectivity index (χ1v) is 10.6. The van der Waals surface area contributed by atoms with E-state index in [-0.39, 0.29) is 22.0 Å². The van der Waals surface area contributed by atoms with Gasteiger partial charge in [-0.05, 0) is 62.8 Å². The summed E-state index contributed by atoms with van der Waals surface area (Å²) >= 11 is 1.14. The highest BCUT2D eigenvalue weighted by Crippen LogP contribution is 2.30. The second-order valence-corrected chi connectivity index (χ2v) is 8.31. The molecule has 4 rings (SSSR count). The van der Waals surface area contributed by atoms with Crippen molar-refractivity contribution in [2.24, 2.45) is 0 Å². The molecule has 30 heavy (non-hydrogen) atoms. The Labute approximate surface area is 178 Å². The lowest BCUT2D eigenvalue weighted by Gasteiger charge is -2.19. The molecular formula is C22H23FN4O2S. The maximum absolute atomic E-state index is 13.4. The normalized spacial score (nSPS) is 16.5. The Morgan fingerprint density at radius 2 is 2.13 bits per heavy atom. The number of anilines is 3. The summed E-state index contributed by atoms with van der Waals surface area (Å²) in [5.41, 5.74) is 6.97. The molecule has 3 aromatic rings. The van der Waals surface area contributed by atoms with Crippen molar-refractivity contribution in [3.63, 3.8) is 0 Å². The van der Waals surface area contributed by atoms with Crippen molar-refractivity contribution in [1.29, 1.82) is 0 Å². The number of ether oxygens (including phenoxy) is 1. The van der Waals surface area contributed by atoms with E-state index >= 15 is 0 Å². The molecule has 0 saturated carbocycles. The predicted molar refractivity (Wildman–Crippen MR) is 117 cm³/mol. The van der Waals surface area contributed by atoms with Gasteiger partial charge in [0.2, 0.25) is 5.78 Å². The number of ketones is 1. The molecule has 0 aliphatic carbocycles. The molecule has 8 heteroatoms. The molecule has 0 spiro atoms. The van der Waals surface area contributed by atoms with Crippen LogP contribution in [0.1, 0.15) is 28.1 Å². The number of aromatic nitrogens is 1. The fourth-order valence-corrected chi connectivity index (χ4v) is 4.32. The number of nitrogen functional groups attached to an aromatic ring is 1. The standard InChI is InChI=1S/C22H23FN4O2S/c1-27-11-3-6-17(27)13-29-18-9-7-16(8-10-18)25-22-26-21(24)20(30-22)19(28)14-4-2-5-15(23)12-14/h2,4-5,7-10,12,17H,3,6,11,13,24H2,1H3,(H,25,26). The fraction of sp³-hybridized carbons (Fsp3) is 0.273. The monoisotopic (exact) mass is 426 g/mol. The molecule has 3 N–H and O–H groups in total. The molecule has 0 bridgehead atoms. The molecule has 6 nitrogen and oxygen atoms in total.